The van der Waals surface area contributed by atoms with Crippen LogP contribution in [0.2, 0.25) is 0 Å². The number of carbonyl (C=O) groups is 2. The summed E-state index contributed by atoms with van der Waals surface area (Å²) in [5, 5.41) is 9.69. The predicted octanol–water partition coefficient (Wildman–Crippen LogP) is 2.83. The average Bonchev–Trinajstić information content (AvgIpc) is 3.20. The molecule has 0 aromatic carbocycles. The van der Waals surface area contributed by atoms with Crippen molar-refractivity contribution in [1.82, 2.24) is 9.80 Å². The number of piperidine rings is 1. The molecule has 7 unspecified atom stereocenters. The molecular formula is C27H40N4O3. The Morgan fingerprint density at radius 1 is 1.12 bits per heavy atom. The van der Waals surface area contributed by atoms with Gasteiger partial charge in [-0.25, -0.2) is 0 Å². The lowest BCUT2D eigenvalue weighted by Gasteiger charge is -2.63. The van der Waals surface area contributed by atoms with Gasteiger partial charge in [0.05, 0.1) is 12.1 Å². The number of hydrogen-bond acceptors (Lipinski definition) is 6. The summed E-state index contributed by atoms with van der Waals surface area (Å²) in [6, 6.07) is 1.58. The van der Waals surface area contributed by atoms with Gasteiger partial charge >= 0.3 is 5.97 Å². The summed E-state index contributed by atoms with van der Waals surface area (Å²) in [5.74, 6) is 1.69. The first-order valence-corrected chi connectivity index (χ1v) is 13.6. The maximum absolute atomic E-state index is 13.8. The van der Waals surface area contributed by atoms with E-state index in [1.807, 2.05) is 18.7 Å². The molecule has 2 aliphatic heterocycles. The molecule has 1 amide bonds. The highest BCUT2D eigenvalue weighted by Crippen LogP contribution is 2.64. The molecule has 7 fully saturated rings. The molecule has 5 aliphatic carbocycles. The zero-order valence-electron chi connectivity index (χ0n) is 21.0. The fraction of sp³-hybridized carbons (Fsp3) is 0.889. The summed E-state index contributed by atoms with van der Waals surface area (Å²) in [6.07, 6.45) is 8.59. The molecule has 186 valence electrons. The van der Waals surface area contributed by atoms with E-state index >= 15 is 0 Å². The summed E-state index contributed by atoms with van der Waals surface area (Å²) in [6.45, 7) is 8.06. The molecule has 5 saturated carbocycles. The van der Waals surface area contributed by atoms with Crippen molar-refractivity contribution >= 4 is 11.9 Å². The molecule has 7 rings (SSSR count). The molecule has 7 nitrogen and oxygen atoms in total. The van der Waals surface area contributed by atoms with E-state index in [2.05, 4.69) is 17.9 Å². The zero-order valence-corrected chi connectivity index (χ0v) is 21.0. The molecule has 2 saturated heterocycles. The minimum Gasteiger partial charge on any atom is -0.458 e. The summed E-state index contributed by atoms with van der Waals surface area (Å²) in [5.41, 5.74) is 5.42. The number of amides is 1. The third-order valence-electron chi connectivity index (χ3n) is 10.8. The molecule has 7 aliphatic rings. The van der Waals surface area contributed by atoms with Crippen molar-refractivity contribution in [3.05, 3.63) is 0 Å². The number of esters is 1. The summed E-state index contributed by atoms with van der Waals surface area (Å²) < 4.78 is 6.48. The minimum absolute atomic E-state index is 0.0378. The summed E-state index contributed by atoms with van der Waals surface area (Å²) >= 11 is 0. The van der Waals surface area contributed by atoms with E-state index in [4.69, 9.17) is 10.5 Å². The van der Waals surface area contributed by atoms with Gasteiger partial charge in [-0.2, -0.15) is 5.26 Å². The van der Waals surface area contributed by atoms with Crippen LogP contribution in [-0.4, -0.2) is 64.0 Å². The van der Waals surface area contributed by atoms with E-state index < -0.39 is 17.2 Å². The molecule has 2 N–H and O–H groups in total. The second-order valence-electron chi connectivity index (χ2n) is 13.3. The second kappa shape index (κ2) is 7.43. The highest BCUT2D eigenvalue weighted by Gasteiger charge is 2.66. The number of nitriles is 1. The first-order chi connectivity index (χ1) is 16.1. The number of rotatable bonds is 5. The third-order valence-corrected chi connectivity index (χ3v) is 10.8. The quantitative estimate of drug-likeness (QED) is 0.623. The van der Waals surface area contributed by atoms with Crippen molar-refractivity contribution in [3.8, 4) is 6.07 Å². The number of nitrogens with zero attached hydrogens (tertiary/aromatic N) is 3. The Labute approximate surface area is 203 Å². The van der Waals surface area contributed by atoms with E-state index in [9.17, 15) is 14.9 Å². The Kier molecular flexibility index (Phi) is 4.98. The minimum atomic E-state index is -0.627. The average molecular weight is 469 g/mol. The zero-order chi connectivity index (χ0) is 24.0. The van der Waals surface area contributed by atoms with Gasteiger partial charge in [0.25, 0.3) is 0 Å². The van der Waals surface area contributed by atoms with Gasteiger partial charge in [0.1, 0.15) is 17.2 Å². The van der Waals surface area contributed by atoms with Crippen molar-refractivity contribution in [2.45, 2.75) is 108 Å². The van der Waals surface area contributed by atoms with Crippen LogP contribution in [0.5, 0.6) is 0 Å². The Morgan fingerprint density at radius 3 is 2.38 bits per heavy atom. The van der Waals surface area contributed by atoms with E-state index in [0.717, 1.165) is 64.5 Å². The van der Waals surface area contributed by atoms with Gasteiger partial charge in [-0.3, -0.25) is 14.5 Å². The van der Waals surface area contributed by atoms with E-state index in [-0.39, 0.29) is 29.4 Å². The lowest BCUT2D eigenvalue weighted by molar-refractivity contribution is -0.213. The van der Waals surface area contributed by atoms with Crippen LogP contribution in [0.25, 0.3) is 0 Å². The maximum Gasteiger partial charge on any atom is 0.326 e. The SMILES string of the molecule is CC1C2CC(C#N)N(C(=O)C(N)C34CC5CC(CC(OC(=O)C(C)(C)N6CCCC6)(C5)C3)C4)C12. The van der Waals surface area contributed by atoms with Crippen LogP contribution in [0.3, 0.4) is 0 Å². The Hall–Kier alpha value is -1.65. The van der Waals surface area contributed by atoms with Gasteiger partial charge in [0, 0.05) is 6.04 Å². The van der Waals surface area contributed by atoms with Crippen molar-refractivity contribution in [1.29, 1.82) is 5.26 Å². The Morgan fingerprint density at radius 2 is 1.76 bits per heavy atom. The Bertz CT molecular complexity index is 921. The molecule has 34 heavy (non-hydrogen) atoms. The number of hydrogen-bond donors (Lipinski definition) is 1. The largest absolute Gasteiger partial charge is 0.458 e. The van der Waals surface area contributed by atoms with E-state index in [1.165, 1.54) is 0 Å². The smallest absolute Gasteiger partial charge is 0.326 e. The summed E-state index contributed by atoms with van der Waals surface area (Å²) in [7, 11) is 0. The maximum atomic E-state index is 13.8. The second-order valence-corrected chi connectivity index (χ2v) is 13.3. The van der Waals surface area contributed by atoms with Gasteiger partial charge < -0.3 is 15.4 Å². The fourth-order valence-corrected chi connectivity index (χ4v) is 9.21. The first kappa shape index (κ1) is 22.8. The lowest BCUT2D eigenvalue weighted by Crippen LogP contribution is -2.66. The third kappa shape index (κ3) is 3.20. The van der Waals surface area contributed by atoms with Gasteiger partial charge in [0.2, 0.25) is 5.91 Å². The van der Waals surface area contributed by atoms with Crippen LogP contribution in [-0.2, 0) is 14.3 Å². The van der Waals surface area contributed by atoms with Gasteiger partial charge in [0.15, 0.2) is 0 Å². The van der Waals surface area contributed by atoms with Crippen molar-refractivity contribution in [2.24, 2.45) is 34.8 Å². The topological polar surface area (TPSA) is 99.7 Å². The molecule has 0 aromatic heterocycles. The van der Waals surface area contributed by atoms with Crippen LogP contribution in [0.1, 0.15) is 78.6 Å². The van der Waals surface area contributed by atoms with Gasteiger partial charge in [-0.15, -0.1) is 0 Å². The van der Waals surface area contributed by atoms with Crippen LogP contribution < -0.4 is 5.73 Å². The van der Waals surface area contributed by atoms with Crippen molar-refractivity contribution in [2.75, 3.05) is 13.1 Å². The van der Waals surface area contributed by atoms with Crippen LogP contribution >= 0.6 is 0 Å². The lowest BCUT2D eigenvalue weighted by atomic mass is 9.46. The molecule has 0 spiro atoms. The molecule has 7 heteroatoms. The highest BCUT2D eigenvalue weighted by atomic mass is 16.6. The van der Waals surface area contributed by atoms with Crippen molar-refractivity contribution in [3.63, 3.8) is 0 Å². The number of ether oxygens (including phenoxy) is 1. The molecule has 2 heterocycles. The predicted molar refractivity (Wildman–Crippen MR) is 126 cm³/mol. The molecular weight excluding hydrogens is 428 g/mol. The molecule has 0 radical (unpaired) electrons. The normalized spacial score (nSPS) is 45.7. The summed E-state index contributed by atoms with van der Waals surface area (Å²) in [4.78, 5) is 31.4. The number of likely N-dealkylation sites (tertiary alicyclic amines) is 2. The number of carbonyl (C=O) groups excluding carboxylic acids is 2. The molecule has 7 atom stereocenters. The number of fused-ring (bicyclic) bond motifs is 1. The number of nitrogens with two attached hydrogens (primary N) is 1. The monoisotopic (exact) mass is 468 g/mol. The standard InChI is InChI=1S/C27H40N4O3/c1-16-20-9-19(14-28)31(21(16)20)23(32)22(29)26-10-17-8-18(11-26)13-27(12-17,15-26)34-24(33)25(2,3)30-6-4-5-7-30/h16-22H,4-13,15,29H2,1-3H3. The van der Waals surface area contributed by atoms with Crippen molar-refractivity contribution < 1.29 is 14.3 Å². The molecule has 0 aromatic rings. The van der Waals surface area contributed by atoms with Crippen LogP contribution in [0.4, 0.5) is 0 Å². The fourth-order valence-electron chi connectivity index (χ4n) is 9.21. The van der Waals surface area contributed by atoms with E-state index in [1.54, 1.807) is 0 Å². The van der Waals surface area contributed by atoms with Crippen LogP contribution in [0, 0.1) is 40.4 Å². The highest BCUT2D eigenvalue weighted by molar-refractivity contribution is 5.85. The first-order valence-electron chi connectivity index (χ1n) is 13.6. The van der Waals surface area contributed by atoms with Gasteiger partial charge in [-0.1, -0.05) is 6.92 Å². The Balaban J connectivity index is 1.24. The van der Waals surface area contributed by atoms with Crippen LogP contribution in [0.15, 0.2) is 0 Å². The van der Waals surface area contributed by atoms with Gasteiger partial charge in [-0.05, 0) is 114 Å². The van der Waals surface area contributed by atoms with E-state index in [0.29, 0.717) is 30.1 Å². The molecule has 4 bridgehead atoms.